The summed E-state index contributed by atoms with van der Waals surface area (Å²) in [5.41, 5.74) is 0.677. The molecule has 0 aliphatic carbocycles. The van der Waals surface area contributed by atoms with Gasteiger partial charge in [-0.25, -0.2) is 9.18 Å². The number of alkyl carbamates (subject to hydrolysis) is 1. The monoisotopic (exact) mass is 308 g/mol. The maximum absolute atomic E-state index is 14.1. The fourth-order valence-electron chi connectivity index (χ4n) is 1.84. The Morgan fingerprint density at radius 2 is 2.05 bits per heavy atom. The Morgan fingerprint density at radius 1 is 1.41 bits per heavy atom. The quantitative estimate of drug-likeness (QED) is 0.798. The zero-order valence-corrected chi connectivity index (χ0v) is 13.9. The van der Waals surface area contributed by atoms with Crippen LogP contribution < -0.4 is 5.32 Å². The van der Waals surface area contributed by atoms with Gasteiger partial charge in [-0.1, -0.05) is 19.9 Å². The summed E-state index contributed by atoms with van der Waals surface area (Å²) < 4.78 is 19.2. The fourth-order valence-corrected chi connectivity index (χ4v) is 1.84. The molecule has 1 aromatic rings. The van der Waals surface area contributed by atoms with Crippen molar-refractivity contribution < 1.29 is 13.9 Å². The minimum Gasteiger partial charge on any atom is -0.444 e. The van der Waals surface area contributed by atoms with Gasteiger partial charge in [0.25, 0.3) is 0 Å². The summed E-state index contributed by atoms with van der Waals surface area (Å²) >= 11 is 0. The number of halogens is 1. The van der Waals surface area contributed by atoms with Crippen LogP contribution in [0.3, 0.4) is 0 Å². The van der Waals surface area contributed by atoms with Gasteiger partial charge >= 0.3 is 6.09 Å². The van der Waals surface area contributed by atoms with Gasteiger partial charge in [0.2, 0.25) is 0 Å². The molecule has 1 amide bonds. The molecule has 0 aromatic heterocycles. The Hall–Kier alpha value is -1.91. The number of hydrogen-bond donors (Lipinski definition) is 2. The van der Waals surface area contributed by atoms with Crippen LogP contribution in [0, 0.1) is 17.1 Å². The lowest BCUT2D eigenvalue weighted by molar-refractivity contribution is 0.0523. The molecule has 0 radical (unpaired) electrons. The number of rotatable bonds is 5. The molecule has 4 nitrogen and oxygen atoms in total. The maximum Gasteiger partial charge on any atom is 0.407 e. The number of carbonyl (C=O) groups excluding carboxylic acids is 1. The van der Waals surface area contributed by atoms with E-state index in [0.717, 1.165) is 6.42 Å². The van der Waals surface area contributed by atoms with Gasteiger partial charge < -0.3 is 15.5 Å². The molecule has 22 heavy (non-hydrogen) atoms. The van der Waals surface area contributed by atoms with Crippen molar-refractivity contribution in [2.45, 2.75) is 53.2 Å². The van der Waals surface area contributed by atoms with Gasteiger partial charge in [0.15, 0.2) is 0 Å². The van der Waals surface area contributed by atoms with Gasteiger partial charge in [-0.2, -0.15) is 0 Å². The molecule has 0 saturated carbocycles. The lowest BCUT2D eigenvalue weighted by atomic mass is 9.95. The molecule has 0 aliphatic heterocycles. The molecule has 1 rings (SSSR count). The van der Waals surface area contributed by atoms with E-state index in [1.54, 1.807) is 32.9 Å². The van der Waals surface area contributed by atoms with Gasteiger partial charge in [0.05, 0.1) is 0 Å². The van der Waals surface area contributed by atoms with E-state index in [4.69, 9.17) is 10.1 Å². The number of hydrogen-bond acceptors (Lipinski definition) is 3. The first-order valence-electron chi connectivity index (χ1n) is 7.48. The molecule has 0 heterocycles. The Morgan fingerprint density at radius 3 is 2.55 bits per heavy atom. The zero-order valence-electron chi connectivity index (χ0n) is 13.9. The fraction of sp³-hybridized carbons (Fsp3) is 0.529. The van der Waals surface area contributed by atoms with Gasteiger partial charge in [-0.05, 0) is 50.8 Å². The minimum absolute atomic E-state index is 0.0141. The Labute approximate surface area is 131 Å². The molecule has 0 spiro atoms. The normalized spacial score (nSPS) is 12.6. The van der Waals surface area contributed by atoms with Crippen molar-refractivity contribution in [1.82, 2.24) is 5.32 Å². The molecule has 0 aliphatic rings. The topological polar surface area (TPSA) is 62.2 Å². The van der Waals surface area contributed by atoms with Gasteiger partial charge in [0.1, 0.15) is 11.4 Å². The number of ether oxygens (including phenoxy) is 1. The average Bonchev–Trinajstić information content (AvgIpc) is 2.41. The van der Waals surface area contributed by atoms with Crippen molar-refractivity contribution >= 4 is 11.8 Å². The molecular formula is C17H25FN2O2. The standard InChI is InChI=1S/C17H25FN2O2/c1-6-11(2)15(19)13-8-7-12(9-14(13)18)10-20-16(21)22-17(3,4)5/h7-9,11,19H,6,10H2,1-5H3,(H,20,21). The summed E-state index contributed by atoms with van der Waals surface area (Å²) in [4.78, 5) is 11.6. The molecule has 0 fully saturated rings. The first-order chi connectivity index (χ1) is 10.1. The molecule has 0 saturated heterocycles. The van der Waals surface area contributed by atoms with Gasteiger partial charge in [-0.15, -0.1) is 0 Å². The van der Waals surface area contributed by atoms with Crippen LogP contribution in [0.25, 0.3) is 0 Å². The van der Waals surface area contributed by atoms with Crippen molar-refractivity contribution in [2.75, 3.05) is 0 Å². The van der Waals surface area contributed by atoms with E-state index in [0.29, 0.717) is 16.8 Å². The second-order valence-electron chi connectivity index (χ2n) is 6.39. The SMILES string of the molecule is CCC(C)C(=N)c1ccc(CNC(=O)OC(C)(C)C)cc1F. The van der Waals surface area contributed by atoms with Crippen LogP contribution in [0.1, 0.15) is 52.2 Å². The lowest BCUT2D eigenvalue weighted by Crippen LogP contribution is -2.32. The lowest BCUT2D eigenvalue weighted by Gasteiger charge is -2.19. The van der Waals surface area contributed by atoms with Crippen LogP contribution in [-0.2, 0) is 11.3 Å². The predicted octanol–water partition coefficient (Wildman–Crippen LogP) is 4.26. The van der Waals surface area contributed by atoms with Crippen LogP contribution >= 0.6 is 0 Å². The summed E-state index contributed by atoms with van der Waals surface area (Å²) in [6, 6.07) is 4.66. The molecule has 0 bridgehead atoms. The summed E-state index contributed by atoms with van der Waals surface area (Å²) in [6.07, 6.45) is 0.254. The third-order valence-electron chi connectivity index (χ3n) is 3.26. The van der Waals surface area contributed by atoms with Crippen LogP contribution in [0.5, 0.6) is 0 Å². The predicted molar refractivity (Wildman–Crippen MR) is 85.8 cm³/mol. The first-order valence-corrected chi connectivity index (χ1v) is 7.48. The van der Waals surface area contributed by atoms with E-state index in [1.807, 2.05) is 13.8 Å². The Bertz CT molecular complexity index is 550. The van der Waals surface area contributed by atoms with Crippen molar-refractivity contribution in [3.05, 3.63) is 35.1 Å². The number of benzene rings is 1. The summed E-state index contributed by atoms with van der Waals surface area (Å²) in [7, 11) is 0. The minimum atomic E-state index is -0.565. The largest absolute Gasteiger partial charge is 0.444 e. The van der Waals surface area contributed by atoms with Crippen molar-refractivity contribution in [2.24, 2.45) is 5.92 Å². The van der Waals surface area contributed by atoms with E-state index in [9.17, 15) is 9.18 Å². The van der Waals surface area contributed by atoms with Crippen LogP contribution in [0.2, 0.25) is 0 Å². The second kappa shape index (κ2) is 7.38. The summed E-state index contributed by atoms with van der Waals surface area (Å²) in [6.45, 7) is 9.39. The average molecular weight is 308 g/mol. The molecular weight excluding hydrogens is 283 g/mol. The number of nitrogens with one attached hydrogen (secondary N) is 2. The Kier molecular flexibility index (Phi) is 6.09. The highest BCUT2D eigenvalue weighted by Crippen LogP contribution is 2.17. The van der Waals surface area contributed by atoms with Gasteiger partial charge in [-0.3, -0.25) is 0 Å². The van der Waals surface area contributed by atoms with Crippen molar-refractivity contribution in [1.29, 1.82) is 5.41 Å². The zero-order chi connectivity index (χ0) is 16.9. The number of amides is 1. The summed E-state index contributed by atoms with van der Waals surface area (Å²) in [5.74, 6) is -0.422. The third-order valence-corrected chi connectivity index (χ3v) is 3.26. The van der Waals surface area contributed by atoms with Crippen molar-refractivity contribution in [3.63, 3.8) is 0 Å². The molecule has 122 valence electrons. The van der Waals surface area contributed by atoms with Crippen LogP contribution in [0.15, 0.2) is 18.2 Å². The van der Waals surface area contributed by atoms with Gasteiger partial charge in [0, 0.05) is 17.8 Å². The highest BCUT2D eigenvalue weighted by molar-refractivity contribution is 5.99. The molecule has 5 heteroatoms. The molecule has 1 atom stereocenters. The van der Waals surface area contributed by atoms with Crippen molar-refractivity contribution in [3.8, 4) is 0 Å². The molecule has 1 aromatic carbocycles. The van der Waals surface area contributed by atoms with E-state index >= 15 is 0 Å². The highest BCUT2D eigenvalue weighted by Gasteiger charge is 2.17. The van der Waals surface area contributed by atoms with E-state index in [2.05, 4.69) is 5.32 Å². The Balaban J connectivity index is 2.70. The summed E-state index contributed by atoms with van der Waals surface area (Å²) in [5, 5.41) is 10.6. The van der Waals surface area contributed by atoms with E-state index < -0.39 is 17.5 Å². The van der Waals surface area contributed by atoms with Crippen LogP contribution in [0.4, 0.5) is 9.18 Å². The first kappa shape index (κ1) is 18.1. The third kappa shape index (κ3) is 5.47. The molecule has 2 N–H and O–H groups in total. The maximum atomic E-state index is 14.1. The molecule has 1 unspecified atom stereocenters. The smallest absolute Gasteiger partial charge is 0.407 e. The second-order valence-corrected chi connectivity index (χ2v) is 6.39. The van der Waals surface area contributed by atoms with E-state index in [1.165, 1.54) is 6.07 Å². The van der Waals surface area contributed by atoms with E-state index in [-0.39, 0.29) is 12.5 Å². The van der Waals surface area contributed by atoms with Crippen LogP contribution in [-0.4, -0.2) is 17.4 Å². The number of carbonyl (C=O) groups is 1. The highest BCUT2D eigenvalue weighted by atomic mass is 19.1.